The van der Waals surface area contributed by atoms with Crippen LogP contribution >= 0.6 is 11.3 Å². The van der Waals surface area contributed by atoms with Crippen LogP contribution in [0.5, 0.6) is 0 Å². The number of aryl methyl sites for hydroxylation is 3. The second kappa shape index (κ2) is 4.01. The molecule has 0 aromatic carbocycles. The van der Waals surface area contributed by atoms with Crippen LogP contribution in [0.2, 0.25) is 0 Å². The molecule has 0 aliphatic heterocycles. The molecular formula is C12H15NS. The topological polar surface area (TPSA) is 4.93 Å². The second-order valence-electron chi connectivity index (χ2n) is 3.65. The average Bonchev–Trinajstić information content (AvgIpc) is 2.76. The SMILES string of the molecule is Cc1ccc(C)n1CCc1ccsc1. The Morgan fingerprint density at radius 2 is 1.86 bits per heavy atom. The molecule has 2 rings (SSSR count). The molecule has 0 saturated carbocycles. The van der Waals surface area contributed by atoms with E-state index in [1.54, 1.807) is 11.3 Å². The van der Waals surface area contributed by atoms with Gasteiger partial charge in [-0.2, -0.15) is 11.3 Å². The van der Waals surface area contributed by atoms with Crippen LogP contribution in [-0.2, 0) is 13.0 Å². The summed E-state index contributed by atoms with van der Waals surface area (Å²) in [6, 6.07) is 6.57. The molecule has 14 heavy (non-hydrogen) atoms. The van der Waals surface area contributed by atoms with Crippen LogP contribution < -0.4 is 0 Å². The van der Waals surface area contributed by atoms with E-state index in [1.165, 1.54) is 17.0 Å². The molecule has 0 saturated heterocycles. The summed E-state index contributed by atoms with van der Waals surface area (Å²) in [6.45, 7) is 5.43. The molecule has 0 fully saturated rings. The van der Waals surface area contributed by atoms with Crippen molar-refractivity contribution >= 4 is 11.3 Å². The lowest BCUT2D eigenvalue weighted by Crippen LogP contribution is -2.04. The highest BCUT2D eigenvalue weighted by Crippen LogP contribution is 2.11. The lowest BCUT2D eigenvalue weighted by molar-refractivity contribution is 0.665. The van der Waals surface area contributed by atoms with Gasteiger partial charge in [0.15, 0.2) is 0 Å². The van der Waals surface area contributed by atoms with Crippen molar-refractivity contribution in [1.82, 2.24) is 4.57 Å². The van der Waals surface area contributed by atoms with E-state index in [-0.39, 0.29) is 0 Å². The molecule has 0 amide bonds. The van der Waals surface area contributed by atoms with Crippen LogP contribution in [0, 0.1) is 13.8 Å². The van der Waals surface area contributed by atoms with Crippen molar-refractivity contribution in [3.05, 3.63) is 45.9 Å². The predicted octanol–water partition coefficient (Wildman–Crippen LogP) is 3.41. The summed E-state index contributed by atoms with van der Waals surface area (Å²) in [5, 5.41) is 4.37. The monoisotopic (exact) mass is 205 g/mol. The quantitative estimate of drug-likeness (QED) is 0.723. The van der Waals surface area contributed by atoms with Gasteiger partial charge in [-0.1, -0.05) is 0 Å². The molecule has 2 heteroatoms. The number of hydrogen-bond donors (Lipinski definition) is 0. The first kappa shape index (κ1) is 9.53. The first-order valence-electron chi connectivity index (χ1n) is 4.91. The molecule has 2 aromatic rings. The van der Waals surface area contributed by atoms with E-state index in [0.29, 0.717) is 0 Å². The van der Waals surface area contributed by atoms with E-state index in [1.807, 2.05) is 0 Å². The van der Waals surface area contributed by atoms with Crippen LogP contribution in [0.1, 0.15) is 17.0 Å². The summed E-state index contributed by atoms with van der Waals surface area (Å²) in [5.41, 5.74) is 4.16. The number of hydrogen-bond acceptors (Lipinski definition) is 1. The second-order valence-corrected chi connectivity index (χ2v) is 4.43. The molecule has 1 nitrogen and oxygen atoms in total. The molecule has 0 spiro atoms. The lowest BCUT2D eigenvalue weighted by atomic mass is 10.2. The zero-order valence-electron chi connectivity index (χ0n) is 8.66. The Morgan fingerprint density at radius 1 is 1.14 bits per heavy atom. The Morgan fingerprint density at radius 3 is 2.43 bits per heavy atom. The molecule has 0 N–H and O–H groups in total. The Bertz CT molecular complexity index is 378. The third kappa shape index (κ3) is 1.90. The van der Waals surface area contributed by atoms with Gasteiger partial charge in [0.05, 0.1) is 0 Å². The standard InChI is InChI=1S/C12H15NS/c1-10-3-4-11(2)13(10)7-5-12-6-8-14-9-12/h3-4,6,8-9H,5,7H2,1-2H3. The third-order valence-electron chi connectivity index (χ3n) is 2.62. The van der Waals surface area contributed by atoms with Gasteiger partial charge in [0, 0.05) is 17.9 Å². The summed E-state index contributed by atoms with van der Waals surface area (Å²) < 4.78 is 2.37. The Balaban J connectivity index is 2.05. The van der Waals surface area contributed by atoms with E-state index in [2.05, 4.69) is 47.4 Å². The number of nitrogens with zero attached hydrogens (tertiary/aromatic N) is 1. The third-order valence-corrected chi connectivity index (χ3v) is 3.35. The predicted molar refractivity (Wildman–Crippen MR) is 61.9 cm³/mol. The van der Waals surface area contributed by atoms with E-state index in [4.69, 9.17) is 0 Å². The maximum absolute atomic E-state index is 2.37. The van der Waals surface area contributed by atoms with Gasteiger partial charge in [-0.3, -0.25) is 0 Å². The lowest BCUT2D eigenvalue weighted by Gasteiger charge is -2.07. The van der Waals surface area contributed by atoms with Crippen molar-refractivity contribution in [3.8, 4) is 0 Å². The van der Waals surface area contributed by atoms with Crippen molar-refractivity contribution in [2.24, 2.45) is 0 Å². The van der Waals surface area contributed by atoms with Gasteiger partial charge in [0.2, 0.25) is 0 Å². The van der Waals surface area contributed by atoms with Crippen molar-refractivity contribution < 1.29 is 0 Å². The first-order chi connectivity index (χ1) is 6.77. The van der Waals surface area contributed by atoms with Crippen LogP contribution in [0.3, 0.4) is 0 Å². The van der Waals surface area contributed by atoms with Crippen molar-refractivity contribution in [1.29, 1.82) is 0 Å². The molecule has 0 atom stereocenters. The Kier molecular flexibility index (Phi) is 2.73. The van der Waals surface area contributed by atoms with Crippen molar-refractivity contribution in [2.75, 3.05) is 0 Å². The normalized spacial score (nSPS) is 10.7. The van der Waals surface area contributed by atoms with Gasteiger partial charge in [0.25, 0.3) is 0 Å². The van der Waals surface area contributed by atoms with Crippen LogP contribution in [0.15, 0.2) is 29.0 Å². The summed E-state index contributed by atoms with van der Waals surface area (Å²) in [4.78, 5) is 0. The smallest absolute Gasteiger partial charge is 0.0265 e. The largest absolute Gasteiger partial charge is 0.349 e. The first-order valence-corrected chi connectivity index (χ1v) is 5.85. The molecule has 0 bridgehead atoms. The van der Waals surface area contributed by atoms with E-state index < -0.39 is 0 Å². The van der Waals surface area contributed by atoms with Gasteiger partial charge >= 0.3 is 0 Å². The molecule has 0 unspecified atom stereocenters. The van der Waals surface area contributed by atoms with Gasteiger partial charge in [0.1, 0.15) is 0 Å². The highest BCUT2D eigenvalue weighted by molar-refractivity contribution is 7.07. The Labute approximate surface area is 89.0 Å². The summed E-state index contributed by atoms with van der Waals surface area (Å²) in [5.74, 6) is 0. The van der Waals surface area contributed by atoms with Gasteiger partial charge in [-0.25, -0.2) is 0 Å². The fourth-order valence-corrected chi connectivity index (χ4v) is 2.43. The summed E-state index contributed by atoms with van der Waals surface area (Å²) in [6.07, 6.45) is 1.14. The number of rotatable bonds is 3. The fraction of sp³-hybridized carbons (Fsp3) is 0.333. The van der Waals surface area contributed by atoms with Crippen LogP contribution in [0.25, 0.3) is 0 Å². The summed E-state index contributed by atoms with van der Waals surface area (Å²) in [7, 11) is 0. The molecular weight excluding hydrogens is 190 g/mol. The highest BCUT2D eigenvalue weighted by Gasteiger charge is 2.00. The average molecular weight is 205 g/mol. The maximum atomic E-state index is 2.37. The minimum absolute atomic E-state index is 1.10. The van der Waals surface area contributed by atoms with Crippen molar-refractivity contribution in [3.63, 3.8) is 0 Å². The molecule has 0 radical (unpaired) electrons. The molecule has 74 valence electrons. The number of thiophene rings is 1. The minimum atomic E-state index is 1.10. The molecule has 0 aliphatic carbocycles. The zero-order chi connectivity index (χ0) is 9.97. The van der Waals surface area contributed by atoms with E-state index in [0.717, 1.165) is 13.0 Å². The molecule has 0 aliphatic rings. The van der Waals surface area contributed by atoms with Crippen LogP contribution in [0.4, 0.5) is 0 Å². The van der Waals surface area contributed by atoms with Gasteiger partial charge in [-0.05, 0) is 54.8 Å². The fourth-order valence-electron chi connectivity index (χ4n) is 1.73. The van der Waals surface area contributed by atoms with E-state index >= 15 is 0 Å². The Hall–Kier alpha value is -1.02. The van der Waals surface area contributed by atoms with E-state index in [9.17, 15) is 0 Å². The van der Waals surface area contributed by atoms with Gasteiger partial charge in [-0.15, -0.1) is 0 Å². The molecule has 2 aromatic heterocycles. The zero-order valence-corrected chi connectivity index (χ0v) is 9.47. The molecule has 2 heterocycles. The van der Waals surface area contributed by atoms with Crippen molar-refractivity contribution in [2.45, 2.75) is 26.8 Å². The number of aromatic nitrogens is 1. The summed E-state index contributed by atoms with van der Waals surface area (Å²) >= 11 is 1.78. The minimum Gasteiger partial charge on any atom is -0.349 e. The van der Waals surface area contributed by atoms with Gasteiger partial charge < -0.3 is 4.57 Å². The maximum Gasteiger partial charge on any atom is 0.0265 e. The highest BCUT2D eigenvalue weighted by atomic mass is 32.1. The van der Waals surface area contributed by atoms with Crippen LogP contribution in [-0.4, -0.2) is 4.57 Å².